The lowest BCUT2D eigenvalue weighted by atomic mass is 9.97. The van der Waals surface area contributed by atoms with Crippen LogP contribution < -0.4 is 10.1 Å². The summed E-state index contributed by atoms with van der Waals surface area (Å²) < 4.78 is 6.94. The van der Waals surface area contributed by atoms with Gasteiger partial charge in [0, 0.05) is 30.1 Å². The number of halogens is 1. The second kappa shape index (κ2) is 9.65. The van der Waals surface area contributed by atoms with Crippen molar-refractivity contribution in [3.63, 3.8) is 0 Å². The van der Waals surface area contributed by atoms with Gasteiger partial charge >= 0.3 is 0 Å². The Labute approximate surface area is 221 Å². The number of anilines is 1. The SMILES string of the molecule is COc1ccc(C#N)cc1-c1cc(C)ncc1C(=O)Nc1nc2c(s1)CN(C(=O)c1c(Cl)cnn1C)C2. The van der Waals surface area contributed by atoms with E-state index in [9.17, 15) is 14.9 Å². The van der Waals surface area contributed by atoms with Crippen molar-refractivity contribution in [1.82, 2.24) is 24.6 Å². The average molecular weight is 534 g/mol. The van der Waals surface area contributed by atoms with E-state index in [2.05, 4.69) is 26.5 Å². The highest BCUT2D eigenvalue weighted by Crippen LogP contribution is 2.35. The lowest BCUT2D eigenvalue weighted by Crippen LogP contribution is -2.27. The van der Waals surface area contributed by atoms with Crippen LogP contribution in [0.4, 0.5) is 5.13 Å². The number of thiazole rings is 1. The van der Waals surface area contributed by atoms with E-state index in [4.69, 9.17) is 16.3 Å². The lowest BCUT2D eigenvalue weighted by Gasteiger charge is -2.16. The monoisotopic (exact) mass is 533 g/mol. The summed E-state index contributed by atoms with van der Waals surface area (Å²) in [4.78, 5) is 37.6. The molecule has 37 heavy (non-hydrogen) atoms. The molecule has 3 aromatic heterocycles. The summed E-state index contributed by atoms with van der Waals surface area (Å²) >= 11 is 7.44. The van der Waals surface area contributed by atoms with Gasteiger partial charge in [-0.25, -0.2) is 4.98 Å². The highest BCUT2D eigenvalue weighted by atomic mass is 35.5. The van der Waals surface area contributed by atoms with Crippen molar-refractivity contribution in [3.05, 3.63) is 74.8 Å². The molecule has 10 nitrogen and oxygen atoms in total. The summed E-state index contributed by atoms with van der Waals surface area (Å²) in [5.74, 6) is -0.0937. The number of hydrogen-bond donors (Lipinski definition) is 1. The number of aryl methyl sites for hydroxylation is 2. The minimum atomic E-state index is -0.395. The summed E-state index contributed by atoms with van der Waals surface area (Å²) in [6.45, 7) is 2.49. The van der Waals surface area contributed by atoms with Crippen LogP contribution in [-0.2, 0) is 20.1 Å². The van der Waals surface area contributed by atoms with Crippen molar-refractivity contribution in [2.75, 3.05) is 12.4 Å². The van der Waals surface area contributed by atoms with Crippen LogP contribution in [0.5, 0.6) is 5.75 Å². The zero-order valence-electron chi connectivity index (χ0n) is 20.1. The maximum Gasteiger partial charge on any atom is 0.274 e. The minimum absolute atomic E-state index is 0.232. The van der Waals surface area contributed by atoms with Crippen LogP contribution in [0.2, 0.25) is 5.02 Å². The van der Waals surface area contributed by atoms with E-state index in [1.807, 2.05) is 6.92 Å². The van der Waals surface area contributed by atoms with Crippen molar-refractivity contribution >= 4 is 39.9 Å². The van der Waals surface area contributed by atoms with Crippen molar-refractivity contribution in [3.8, 4) is 22.9 Å². The van der Waals surface area contributed by atoms with Gasteiger partial charge < -0.3 is 9.64 Å². The van der Waals surface area contributed by atoms with Gasteiger partial charge in [-0.05, 0) is 31.2 Å². The van der Waals surface area contributed by atoms with Crippen LogP contribution in [0.25, 0.3) is 11.1 Å². The fraction of sp³-hybridized carbons (Fsp3) is 0.200. The predicted molar refractivity (Wildman–Crippen MR) is 138 cm³/mol. The Hall–Kier alpha value is -4.27. The Morgan fingerprint density at radius 1 is 1.22 bits per heavy atom. The maximum absolute atomic E-state index is 13.3. The highest BCUT2D eigenvalue weighted by molar-refractivity contribution is 7.16. The molecule has 5 rings (SSSR count). The molecule has 0 radical (unpaired) electrons. The Balaban J connectivity index is 1.38. The Morgan fingerprint density at radius 3 is 2.70 bits per heavy atom. The van der Waals surface area contributed by atoms with Crippen molar-refractivity contribution in [2.24, 2.45) is 7.05 Å². The molecule has 1 aromatic carbocycles. The number of rotatable bonds is 5. The normalized spacial score (nSPS) is 12.2. The molecule has 1 aliphatic rings. The first-order chi connectivity index (χ1) is 17.8. The second-order valence-corrected chi connectivity index (χ2v) is 9.86. The first kappa shape index (κ1) is 24.4. The maximum atomic E-state index is 13.3. The van der Waals surface area contributed by atoms with E-state index in [0.29, 0.717) is 62.6 Å². The fourth-order valence-corrected chi connectivity index (χ4v) is 5.38. The number of carbonyl (C=O) groups excluding carboxylic acids is 2. The van der Waals surface area contributed by atoms with Crippen LogP contribution in [0.3, 0.4) is 0 Å². The van der Waals surface area contributed by atoms with Gasteiger partial charge in [0.05, 0.1) is 59.2 Å². The molecule has 1 aliphatic heterocycles. The number of methoxy groups -OCH3 is 1. The molecule has 186 valence electrons. The third-order valence-corrected chi connectivity index (χ3v) is 7.24. The molecule has 0 aliphatic carbocycles. The molecule has 2 amide bonds. The van der Waals surface area contributed by atoms with Crippen molar-refractivity contribution in [2.45, 2.75) is 20.0 Å². The number of hydrogen-bond acceptors (Lipinski definition) is 8. The Bertz CT molecular complexity index is 1560. The number of nitrogens with zero attached hydrogens (tertiary/aromatic N) is 6. The molecule has 4 aromatic rings. The van der Waals surface area contributed by atoms with Gasteiger partial charge in [-0.1, -0.05) is 22.9 Å². The number of amides is 2. The van der Waals surface area contributed by atoms with Crippen LogP contribution in [0.15, 0.2) is 36.7 Å². The van der Waals surface area contributed by atoms with Crippen LogP contribution in [0, 0.1) is 18.3 Å². The zero-order valence-corrected chi connectivity index (χ0v) is 21.6. The molecule has 0 saturated carbocycles. The van der Waals surface area contributed by atoms with Crippen LogP contribution >= 0.6 is 22.9 Å². The summed E-state index contributed by atoms with van der Waals surface area (Å²) in [5, 5.41) is 17.0. The Kier molecular flexibility index (Phi) is 6.37. The van der Waals surface area contributed by atoms with E-state index in [1.165, 1.54) is 35.5 Å². The molecular weight excluding hydrogens is 514 g/mol. The quantitative estimate of drug-likeness (QED) is 0.407. The summed E-state index contributed by atoms with van der Waals surface area (Å²) in [6.07, 6.45) is 2.94. The topological polar surface area (TPSA) is 126 Å². The van der Waals surface area contributed by atoms with Crippen molar-refractivity contribution < 1.29 is 14.3 Å². The number of benzene rings is 1. The number of nitrogens with one attached hydrogen (secondary N) is 1. The number of pyridine rings is 1. The number of aromatic nitrogens is 4. The zero-order chi connectivity index (χ0) is 26.3. The van der Waals surface area contributed by atoms with E-state index in [1.54, 1.807) is 36.2 Å². The molecule has 0 unspecified atom stereocenters. The largest absolute Gasteiger partial charge is 0.496 e. The predicted octanol–water partition coefficient (Wildman–Crippen LogP) is 4.19. The number of fused-ring (bicyclic) bond motifs is 1. The van der Waals surface area contributed by atoms with Crippen LogP contribution in [0.1, 0.15) is 42.7 Å². The lowest BCUT2D eigenvalue weighted by molar-refractivity contribution is 0.0739. The Morgan fingerprint density at radius 2 is 2.03 bits per heavy atom. The highest BCUT2D eigenvalue weighted by Gasteiger charge is 2.31. The second-order valence-electron chi connectivity index (χ2n) is 8.37. The molecule has 12 heteroatoms. The molecule has 0 atom stereocenters. The number of ether oxygens (including phenoxy) is 1. The summed E-state index contributed by atoms with van der Waals surface area (Å²) in [6, 6.07) is 8.94. The molecule has 1 N–H and O–H groups in total. The van der Waals surface area contributed by atoms with E-state index < -0.39 is 5.91 Å². The number of nitriles is 1. The summed E-state index contributed by atoms with van der Waals surface area (Å²) in [5.41, 5.74) is 3.71. The molecular formula is C25H20ClN7O3S. The van der Waals surface area contributed by atoms with Gasteiger partial charge in [-0.2, -0.15) is 10.4 Å². The van der Waals surface area contributed by atoms with E-state index in [0.717, 1.165) is 10.6 Å². The van der Waals surface area contributed by atoms with Gasteiger partial charge in [0.2, 0.25) is 0 Å². The van der Waals surface area contributed by atoms with Gasteiger partial charge in [0.25, 0.3) is 11.8 Å². The van der Waals surface area contributed by atoms with E-state index in [-0.39, 0.29) is 5.91 Å². The summed E-state index contributed by atoms with van der Waals surface area (Å²) in [7, 11) is 3.20. The van der Waals surface area contributed by atoms with Gasteiger partial charge in [-0.15, -0.1) is 0 Å². The molecule has 0 saturated heterocycles. The molecule has 0 bridgehead atoms. The first-order valence-corrected chi connectivity index (χ1v) is 12.3. The molecule has 0 fully saturated rings. The standard InChI is InChI=1S/C25H20ClN7O3S/c1-13-6-15(16-7-14(8-27)4-5-20(16)36-3)17(9-28-13)23(34)31-25-30-19-11-33(12-21(19)37-25)24(35)22-18(26)10-29-32(22)2/h4-7,9-10H,11-12H2,1-3H3,(H,30,31,34). The van der Waals surface area contributed by atoms with Gasteiger partial charge in [0.1, 0.15) is 11.4 Å². The smallest absolute Gasteiger partial charge is 0.274 e. The fourth-order valence-electron chi connectivity index (χ4n) is 4.15. The molecule has 4 heterocycles. The van der Waals surface area contributed by atoms with Crippen molar-refractivity contribution in [1.29, 1.82) is 5.26 Å². The third kappa shape index (κ3) is 4.52. The molecule has 0 spiro atoms. The van der Waals surface area contributed by atoms with E-state index >= 15 is 0 Å². The average Bonchev–Trinajstić information content (AvgIpc) is 3.55. The van der Waals surface area contributed by atoms with Crippen LogP contribution in [-0.4, -0.2) is 43.6 Å². The first-order valence-electron chi connectivity index (χ1n) is 11.1. The number of carbonyl (C=O) groups is 2. The third-order valence-electron chi connectivity index (χ3n) is 5.96. The minimum Gasteiger partial charge on any atom is -0.496 e. The van der Waals surface area contributed by atoms with Gasteiger partial charge in [-0.3, -0.25) is 24.6 Å². The van der Waals surface area contributed by atoms with Gasteiger partial charge in [0.15, 0.2) is 5.13 Å².